The van der Waals surface area contributed by atoms with E-state index in [4.69, 9.17) is 4.74 Å². The minimum absolute atomic E-state index is 0.784. The third-order valence-electron chi connectivity index (χ3n) is 4.91. The largest absolute Gasteiger partial charge is 0.494 e. The molecule has 1 heteroatoms. The Morgan fingerprint density at radius 3 is 2.24 bits per heavy atom. The highest BCUT2D eigenvalue weighted by molar-refractivity contribution is 5.29. The van der Waals surface area contributed by atoms with E-state index in [1.54, 1.807) is 0 Å². The number of rotatable bonds is 8. The number of unbranched alkanes of at least 4 members (excludes halogenated alkanes) is 2. The summed E-state index contributed by atoms with van der Waals surface area (Å²) in [6, 6.07) is 8.92. The van der Waals surface area contributed by atoms with Gasteiger partial charge in [-0.2, -0.15) is 0 Å². The third kappa shape index (κ3) is 5.37. The van der Waals surface area contributed by atoms with Gasteiger partial charge in [-0.15, -0.1) is 0 Å². The Morgan fingerprint density at radius 2 is 1.62 bits per heavy atom. The molecule has 0 saturated heterocycles. The molecule has 21 heavy (non-hydrogen) atoms. The van der Waals surface area contributed by atoms with Crippen molar-refractivity contribution in [2.75, 3.05) is 6.61 Å². The molecule has 0 atom stereocenters. The average molecular weight is 288 g/mol. The van der Waals surface area contributed by atoms with Gasteiger partial charge < -0.3 is 4.74 Å². The fraction of sp³-hybridized carbons (Fsp3) is 0.700. The van der Waals surface area contributed by atoms with Crippen LogP contribution < -0.4 is 4.74 Å². The summed E-state index contributed by atoms with van der Waals surface area (Å²) < 4.78 is 5.80. The van der Waals surface area contributed by atoms with Crippen molar-refractivity contribution in [3.63, 3.8) is 0 Å². The highest BCUT2D eigenvalue weighted by atomic mass is 16.5. The molecule has 0 aromatic heterocycles. The van der Waals surface area contributed by atoms with Crippen molar-refractivity contribution in [2.45, 2.75) is 77.6 Å². The maximum Gasteiger partial charge on any atom is 0.119 e. The molecule has 0 bridgehead atoms. The van der Waals surface area contributed by atoms with Crippen LogP contribution in [0.25, 0.3) is 0 Å². The standard InChI is InChI=1S/C20H32O/c1-3-5-6-16-21-20-14-12-19(13-15-20)18-10-8-17(7-4-2)9-11-18/h12-15,17-18H,3-11,16H2,1-2H3. The zero-order valence-corrected chi connectivity index (χ0v) is 13.9. The van der Waals surface area contributed by atoms with E-state index in [0.717, 1.165) is 24.2 Å². The van der Waals surface area contributed by atoms with Crippen molar-refractivity contribution in [3.05, 3.63) is 29.8 Å². The van der Waals surface area contributed by atoms with Gasteiger partial charge in [-0.25, -0.2) is 0 Å². The van der Waals surface area contributed by atoms with Gasteiger partial charge >= 0.3 is 0 Å². The van der Waals surface area contributed by atoms with Crippen molar-refractivity contribution in [2.24, 2.45) is 5.92 Å². The minimum Gasteiger partial charge on any atom is -0.494 e. The fourth-order valence-corrected chi connectivity index (χ4v) is 3.57. The molecular weight excluding hydrogens is 256 g/mol. The summed E-state index contributed by atoms with van der Waals surface area (Å²) in [4.78, 5) is 0. The first kappa shape index (κ1) is 16.4. The van der Waals surface area contributed by atoms with Crippen LogP contribution in [0.15, 0.2) is 24.3 Å². The summed E-state index contributed by atoms with van der Waals surface area (Å²) in [6.45, 7) is 5.39. The van der Waals surface area contributed by atoms with Crippen LogP contribution >= 0.6 is 0 Å². The molecule has 0 N–H and O–H groups in total. The van der Waals surface area contributed by atoms with Crippen LogP contribution in [0.4, 0.5) is 0 Å². The minimum atomic E-state index is 0.784. The molecule has 0 radical (unpaired) electrons. The number of hydrogen-bond donors (Lipinski definition) is 0. The molecule has 0 heterocycles. The summed E-state index contributed by atoms with van der Waals surface area (Å²) in [7, 11) is 0. The topological polar surface area (TPSA) is 9.23 Å². The lowest BCUT2D eigenvalue weighted by atomic mass is 9.77. The Balaban J connectivity index is 1.77. The summed E-state index contributed by atoms with van der Waals surface area (Å²) in [5.74, 6) is 2.81. The van der Waals surface area contributed by atoms with Crippen LogP contribution in [0.2, 0.25) is 0 Å². The Bertz CT molecular complexity index is 373. The molecule has 1 aliphatic rings. The first-order valence-electron chi connectivity index (χ1n) is 9.06. The first-order chi connectivity index (χ1) is 10.3. The Hall–Kier alpha value is -0.980. The van der Waals surface area contributed by atoms with E-state index in [1.165, 1.54) is 63.4 Å². The molecule has 0 amide bonds. The van der Waals surface area contributed by atoms with Gasteiger partial charge in [0.05, 0.1) is 6.61 Å². The molecular formula is C20H32O. The van der Waals surface area contributed by atoms with Gasteiger partial charge in [-0.05, 0) is 61.6 Å². The third-order valence-corrected chi connectivity index (χ3v) is 4.91. The molecule has 0 aliphatic heterocycles. The average Bonchev–Trinajstić information content (AvgIpc) is 2.53. The van der Waals surface area contributed by atoms with Gasteiger partial charge in [0.15, 0.2) is 0 Å². The molecule has 2 rings (SSSR count). The lowest BCUT2D eigenvalue weighted by molar-refractivity contribution is 0.303. The van der Waals surface area contributed by atoms with Gasteiger partial charge in [0.2, 0.25) is 0 Å². The smallest absolute Gasteiger partial charge is 0.119 e. The van der Waals surface area contributed by atoms with Crippen molar-refractivity contribution >= 4 is 0 Å². The molecule has 1 fully saturated rings. The molecule has 0 unspecified atom stereocenters. The zero-order valence-electron chi connectivity index (χ0n) is 13.9. The molecule has 0 spiro atoms. The summed E-state index contributed by atoms with van der Waals surface area (Å²) in [5.41, 5.74) is 1.52. The molecule has 1 nitrogen and oxygen atoms in total. The monoisotopic (exact) mass is 288 g/mol. The molecule has 1 aromatic rings. The predicted octanol–water partition coefficient (Wildman–Crippen LogP) is 6.33. The van der Waals surface area contributed by atoms with Crippen molar-refractivity contribution in [1.29, 1.82) is 0 Å². The van der Waals surface area contributed by atoms with Crippen LogP contribution in [0.3, 0.4) is 0 Å². The second-order valence-corrected chi connectivity index (χ2v) is 6.63. The van der Waals surface area contributed by atoms with Crippen LogP contribution in [-0.4, -0.2) is 6.61 Å². The van der Waals surface area contributed by atoms with Crippen molar-refractivity contribution < 1.29 is 4.74 Å². The zero-order chi connectivity index (χ0) is 14.9. The van der Waals surface area contributed by atoms with E-state index in [9.17, 15) is 0 Å². The van der Waals surface area contributed by atoms with Gasteiger partial charge in [-0.1, -0.05) is 51.7 Å². The van der Waals surface area contributed by atoms with Crippen LogP contribution in [-0.2, 0) is 0 Å². The van der Waals surface area contributed by atoms with Gasteiger partial charge in [-0.3, -0.25) is 0 Å². The van der Waals surface area contributed by atoms with E-state index in [1.807, 2.05) is 0 Å². The number of benzene rings is 1. The maximum absolute atomic E-state index is 5.80. The van der Waals surface area contributed by atoms with Crippen LogP contribution in [0.1, 0.15) is 83.1 Å². The van der Waals surface area contributed by atoms with E-state index in [-0.39, 0.29) is 0 Å². The van der Waals surface area contributed by atoms with E-state index >= 15 is 0 Å². The SMILES string of the molecule is CCCCCOc1ccc(C2CCC(CCC)CC2)cc1. The van der Waals surface area contributed by atoms with Crippen LogP contribution in [0, 0.1) is 5.92 Å². The first-order valence-corrected chi connectivity index (χ1v) is 9.06. The lowest BCUT2D eigenvalue weighted by Gasteiger charge is -2.28. The summed E-state index contributed by atoms with van der Waals surface area (Å²) >= 11 is 0. The Morgan fingerprint density at radius 1 is 0.905 bits per heavy atom. The van der Waals surface area contributed by atoms with Gasteiger partial charge in [0.1, 0.15) is 5.75 Å². The molecule has 118 valence electrons. The molecule has 1 aromatic carbocycles. The fourth-order valence-electron chi connectivity index (χ4n) is 3.57. The molecule has 1 aliphatic carbocycles. The Labute approximate surface area is 131 Å². The normalized spacial score (nSPS) is 22.2. The maximum atomic E-state index is 5.80. The number of ether oxygens (including phenoxy) is 1. The Kier molecular flexibility index (Phi) is 7.12. The highest BCUT2D eigenvalue weighted by Crippen LogP contribution is 2.37. The van der Waals surface area contributed by atoms with Crippen molar-refractivity contribution in [1.82, 2.24) is 0 Å². The van der Waals surface area contributed by atoms with E-state index in [0.29, 0.717) is 0 Å². The second-order valence-electron chi connectivity index (χ2n) is 6.63. The number of hydrogen-bond acceptors (Lipinski definition) is 1. The highest BCUT2D eigenvalue weighted by Gasteiger charge is 2.21. The lowest BCUT2D eigenvalue weighted by Crippen LogP contribution is -2.13. The second kappa shape index (κ2) is 9.12. The predicted molar refractivity (Wildman–Crippen MR) is 91.1 cm³/mol. The molecule has 1 saturated carbocycles. The van der Waals surface area contributed by atoms with E-state index in [2.05, 4.69) is 38.1 Å². The summed E-state index contributed by atoms with van der Waals surface area (Å²) in [5, 5.41) is 0. The van der Waals surface area contributed by atoms with Crippen molar-refractivity contribution in [3.8, 4) is 5.75 Å². The summed E-state index contributed by atoms with van der Waals surface area (Å²) in [6.07, 6.45) is 12.1. The van der Waals surface area contributed by atoms with Crippen LogP contribution in [0.5, 0.6) is 5.75 Å². The van der Waals surface area contributed by atoms with Gasteiger partial charge in [0.25, 0.3) is 0 Å². The quantitative estimate of drug-likeness (QED) is 0.508. The van der Waals surface area contributed by atoms with Gasteiger partial charge in [0, 0.05) is 0 Å². The van der Waals surface area contributed by atoms with E-state index < -0.39 is 0 Å².